The number of carbonyl (C=O) groups excluding carboxylic acids is 2. The Hall–Kier alpha value is -3.24. The number of aryl methyl sites for hydroxylation is 1. The molecule has 1 heterocycles. The zero-order chi connectivity index (χ0) is 22.2. The van der Waals surface area contributed by atoms with Crippen molar-refractivity contribution in [2.45, 2.75) is 29.9 Å². The van der Waals surface area contributed by atoms with Crippen LogP contribution in [0.15, 0.2) is 59.5 Å². The molecule has 0 saturated carbocycles. The molecule has 0 radical (unpaired) electrons. The smallest absolute Gasteiger partial charge is 0.303 e. The number of carboxylic acids is 1. The van der Waals surface area contributed by atoms with Crippen molar-refractivity contribution in [3.63, 3.8) is 0 Å². The lowest BCUT2D eigenvalue weighted by Crippen LogP contribution is -2.19. The molecule has 2 amide bonds. The first-order valence-corrected chi connectivity index (χ1v) is 11.0. The second-order valence-electron chi connectivity index (χ2n) is 6.49. The summed E-state index contributed by atoms with van der Waals surface area (Å²) in [4.78, 5) is 36.2. The molecule has 0 spiro atoms. The number of nitrogens with one attached hydrogen (secondary N) is 2. The molecule has 0 aliphatic heterocycles. The zero-order valence-electron chi connectivity index (χ0n) is 16.6. The van der Waals surface area contributed by atoms with Crippen LogP contribution in [0, 0.1) is 6.92 Å². The van der Waals surface area contributed by atoms with Gasteiger partial charge in [0.15, 0.2) is 0 Å². The molecule has 0 saturated heterocycles. The molecule has 0 aliphatic rings. The molecule has 1 unspecified atom stereocenters. The van der Waals surface area contributed by atoms with Crippen LogP contribution in [0.3, 0.4) is 0 Å². The number of thioether (sulfide) groups is 1. The summed E-state index contributed by atoms with van der Waals surface area (Å²) in [6, 6.07) is 16.5. The van der Waals surface area contributed by atoms with E-state index in [1.165, 1.54) is 23.1 Å². The van der Waals surface area contributed by atoms with Crippen molar-refractivity contribution in [2.75, 3.05) is 10.6 Å². The van der Waals surface area contributed by atoms with Gasteiger partial charge in [0.1, 0.15) is 10.3 Å². The van der Waals surface area contributed by atoms with E-state index in [1.807, 2.05) is 37.3 Å². The molecule has 8 nitrogen and oxygen atoms in total. The van der Waals surface area contributed by atoms with Gasteiger partial charge in [-0.15, -0.1) is 22.0 Å². The Balaban J connectivity index is 1.70. The summed E-state index contributed by atoms with van der Waals surface area (Å²) < 4.78 is 0. The summed E-state index contributed by atoms with van der Waals surface area (Å²) in [5.74, 6) is -1.59. The number of rotatable bonds is 9. The van der Waals surface area contributed by atoms with Gasteiger partial charge in [-0.05, 0) is 36.8 Å². The molecule has 0 fully saturated rings. The minimum atomic E-state index is -1.02. The van der Waals surface area contributed by atoms with Crippen LogP contribution in [0.4, 0.5) is 10.8 Å². The maximum Gasteiger partial charge on any atom is 0.303 e. The Morgan fingerprint density at radius 1 is 1.00 bits per heavy atom. The molecule has 2 aromatic carbocycles. The number of hydrogen-bond donors (Lipinski definition) is 3. The van der Waals surface area contributed by atoms with Gasteiger partial charge in [-0.2, -0.15) is 0 Å². The third-order valence-electron chi connectivity index (χ3n) is 4.05. The van der Waals surface area contributed by atoms with Gasteiger partial charge in [0, 0.05) is 17.0 Å². The Bertz CT molecular complexity index is 1050. The molecule has 160 valence electrons. The lowest BCUT2D eigenvalue weighted by molar-refractivity contribution is -0.138. The number of carboxylic acid groups (broad SMARTS) is 1. The summed E-state index contributed by atoms with van der Waals surface area (Å²) >= 11 is 2.68. The molecule has 10 heteroatoms. The highest BCUT2D eigenvalue weighted by Crippen LogP contribution is 2.37. The highest BCUT2D eigenvalue weighted by atomic mass is 32.2. The number of aliphatic carboxylic acids is 1. The SMILES string of the molecule is Cc1nnc(NC(=O)C(Sc2ccc(NC(=O)CCC(=O)O)cc2)c2ccccc2)s1. The highest BCUT2D eigenvalue weighted by Gasteiger charge is 2.23. The van der Waals surface area contributed by atoms with Crippen molar-refractivity contribution >= 4 is 51.7 Å². The van der Waals surface area contributed by atoms with Crippen LogP contribution in [0.2, 0.25) is 0 Å². The van der Waals surface area contributed by atoms with Gasteiger partial charge in [-0.1, -0.05) is 41.7 Å². The van der Waals surface area contributed by atoms with Crippen LogP contribution in [0.5, 0.6) is 0 Å². The molecule has 0 aliphatic carbocycles. The quantitative estimate of drug-likeness (QED) is 0.414. The van der Waals surface area contributed by atoms with Gasteiger partial charge in [0.05, 0.1) is 6.42 Å². The van der Waals surface area contributed by atoms with E-state index in [2.05, 4.69) is 20.8 Å². The molecular formula is C21H20N4O4S2. The summed E-state index contributed by atoms with van der Waals surface area (Å²) in [7, 11) is 0. The summed E-state index contributed by atoms with van der Waals surface area (Å²) in [5.41, 5.74) is 1.40. The fraction of sp³-hybridized carbons (Fsp3) is 0.190. The predicted molar refractivity (Wildman–Crippen MR) is 120 cm³/mol. The number of aromatic nitrogens is 2. The Kier molecular flexibility index (Phi) is 7.74. The Morgan fingerprint density at radius 3 is 2.32 bits per heavy atom. The van der Waals surface area contributed by atoms with E-state index in [0.717, 1.165) is 15.5 Å². The van der Waals surface area contributed by atoms with E-state index in [-0.39, 0.29) is 24.7 Å². The summed E-state index contributed by atoms with van der Waals surface area (Å²) in [5, 5.41) is 22.7. The fourth-order valence-electron chi connectivity index (χ4n) is 2.62. The molecule has 3 rings (SSSR count). The van der Waals surface area contributed by atoms with Crippen molar-refractivity contribution in [3.05, 3.63) is 65.2 Å². The van der Waals surface area contributed by atoms with E-state index < -0.39 is 11.2 Å². The van der Waals surface area contributed by atoms with Crippen molar-refractivity contribution in [1.82, 2.24) is 10.2 Å². The lowest BCUT2D eigenvalue weighted by atomic mass is 10.1. The van der Waals surface area contributed by atoms with E-state index in [0.29, 0.717) is 10.8 Å². The van der Waals surface area contributed by atoms with Gasteiger partial charge >= 0.3 is 5.97 Å². The summed E-state index contributed by atoms with van der Waals surface area (Å²) in [6.07, 6.45) is -0.311. The first kappa shape index (κ1) is 22.4. The van der Waals surface area contributed by atoms with Crippen LogP contribution >= 0.6 is 23.1 Å². The van der Waals surface area contributed by atoms with Crippen molar-refractivity contribution in [3.8, 4) is 0 Å². The van der Waals surface area contributed by atoms with Crippen molar-refractivity contribution in [2.24, 2.45) is 0 Å². The molecule has 3 aromatic rings. The first-order valence-electron chi connectivity index (χ1n) is 9.35. The number of carbonyl (C=O) groups is 3. The number of nitrogens with zero attached hydrogens (tertiary/aromatic N) is 2. The van der Waals surface area contributed by atoms with Crippen LogP contribution in [-0.2, 0) is 14.4 Å². The maximum absolute atomic E-state index is 13.0. The minimum Gasteiger partial charge on any atom is -0.481 e. The number of anilines is 2. The van der Waals surface area contributed by atoms with Gasteiger partial charge in [-0.25, -0.2) is 0 Å². The van der Waals surface area contributed by atoms with Crippen molar-refractivity contribution in [1.29, 1.82) is 0 Å². The largest absolute Gasteiger partial charge is 0.481 e. The number of benzene rings is 2. The second-order valence-corrected chi connectivity index (χ2v) is 8.85. The predicted octanol–water partition coefficient (Wildman–Crippen LogP) is 4.12. The minimum absolute atomic E-state index is 0.0901. The molecular weight excluding hydrogens is 436 g/mol. The number of hydrogen-bond acceptors (Lipinski definition) is 7. The third-order valence-corrected chi connectivity index (χ3v) is 6.07. The van der Waals surface area contributed by atoms with Crippen molar-refractivity contribution < 1.29 is 19.5 Å². The molecule has 3 N–H and O–H groups in total. The molecule has 1 aromatic heterocycles. The van der Waals surface area contributed by atoms with E-state index in [1.54, 1.807) is 24.3 Å². The molecule has 31 heavy (non-hydrogen) atoms. The molecule has 0 bridgehead atoms. The van der Waals surface area contributed by atoms with Crippen LogP contribution < -0.4 is 10.6 Å². The average Bonchev–Trinajstić information content (AvgIpc) is 3.16. The number of amides is 2. The lowest BCUT2D eigenvalue weighted by Gasteiger charge is -2.16. The average molecular weight is 457 g/mol. The topological polar surface area (TPSA) is 121 Å². The van der Waals surface area contributed by atoms with Gasteiger partial charge in [0.25, 0.3) is 0 Å². The van der Waals surface area contributed by atoms with Crippen LogP contribution in [0.1, 0.15) is 28.7 Å². The zero-order valence-corrected chi connectivity index (χ0v) is 18.2. The fourth-order valence-corrected chi connectivity index (χ4v) is 4.23. The second kappa shape index (κ2) is 10.7. The standard InChI is InChI=1S/C21H20N4O4S2/c1-13-24-25-21(30-13)23-20(29)19(14-5-3-2-4-6-14)31-16-9-7-15(8-10-16)22-17(26)11-12-18(27)28/h2-10,19H,11-12H2,1H3,(H,22,26)(H,27,28)(H,23,25,29). The van der Waals surface area contributed by atoms with E-state index in [4.69, 9.17) is 5.11 Å². The third kappa shape index (κ3) is 6.90. The Labute approximate surface area is 187 Å². The van der Waals surface area contributed by atoms with E-state index >= 15 is 0 Å². The summed E-state index contributed by atoms with van der Waals surface area (Å²) in [6.45, 7) is 1.82. The van der Waals surface area contributed by atoms with Gasteiger partial charge in [0.2, 0.25) is 16.9 Å². The molecule has 1 atom stereocenters. The van der Waals surface area contributed by atoms with Gasteiger partial charge < -0.3 is 10.4 Å². The van der Waals surface area contributed by atoms with Gasteiger partial charge in [-0.3, -0.25) is 19.7 Å². The normalized spacial score (nSPS) is 11.5. The Morgan fingerprint density at radius 2 is 1.71 bits per heavy atom. The highest BCUT2D eigenvalue weighted by molar-refractivity contribution is 8.00. The van der Waals surface area contributed by atoms with E-state index in [9.17, 15) is 14.4 Å². The maximum atomic E-state index is 13.0. The first-order chi connectivity index (χ1) is 14.9. The van der Waals surface area contributed by atoms with Crippen LogP contribution in [-0.4, -0.2) is 33.1 Å². The monoisotopic (exact) mass is 456 g/mol. The van der Waals surface area contributed by atoms with Crippen LogP contribution in [0.25, 0.3) is 0 Å².